The van der Waals surface area contributed by atoms with Gasteiger partial charge >= 0.3 is 0 Å². The van der Waals surface area contributed by atoms with Crippen LogP contribution >= 0.6 is 0 Å². The first-order valence-corrected chi connectivity index (χ1v) is 11.0. The van der Waals surface area contributed by atoms with Crippen LogP contribution in [0.4, 0.5) is 4.39 Å². The molecule has 1 saturated heterocycles. The Balaban J connectivity index is 1.62. The average Bonchev–Trinajstić information content (AvgIpc) is 2.67. The van der Waals surface area contributed by atoms with Gasteiger partial charge in [-0.1, -0.05) is 35.9 Å². The fraction of sp³-hybridized carbons (Fsp3) is 0.381. The number of hydrogen-bond donors (Lipinski definition) is 1. The van der Waals surface area contributed by atoms with Crippen molar-refractivity contribution >= 4 is 16.1 Å². The van der Waals surface area contributed by atoms with Crippen LogP contribution in [-0.4, -0.2) is 42.6 Å². The fourth-order valence-corrected chi connectivity index (χ4v) is 4.95. The normalized spacial score (nSPS) is 17.2. The second-order valence-electron chi connectivity index (χ2n) is 7.36. The molecular weight excluding hydrogens is 393 g/mol. The molecular formula is C21H26FN3O3S. The summed E-state index contributed by atoms with van der Waals surface area (Å²) in [7, 11) is -3.72. The Kier molecular flexibility index (Phi) is 6.66. The maximum absolute atomic E-state index is 13.0. The largest absolute Gasteiger partial charge is 0.351 e. The lowest BCUT2D eigenvalue weighted by Crippen LogP contribution is -2.52. The number of amides is 1. The van der Waals surface area contributed by atoms with E-state index in [0.717, 1.165) is 22.3 Å². The van der Waals surface area contributed by atoms with Crippen LogP contribution in [0.5, 0.6) is 0 Å². The van der Waals surface area contributed by atoms with Crippen LogP contribution in [0, 0.1) is 19.7 Å². The molecule has 2 aromatic rings. The van der Waals surface area contributed by atoms with E-state index in [-0.39, 0.29) is 24.8 Å². The van der Waals surface area contributed by atoms with E-state index < -0.39 is 10.2 Å². The zero-order valence-electron chi connectivity index (χ0n) is 16.7. The Bertz CT molecular complexity index is 977. The molecule has 1 heterocycles. The molecule has 0 aromatic heterocycles. The van der Waals surface area contributed by atoms with Crippen molar-refractivity contribution in [3.05, 3.63) is 70.5 Å². The summed E-state index contributed by atoms with van der Waals surface area (Å²) in [5.74, 6) is -0.727. The first-order chi connectivity index (χ1) is 13.8. The smallest absolute Gasteiger partial charge is 0.282 e. The molecule has 3 rings (SSSR count). The topological polar surface area (TPSA) is 69.7 Å². The lowest BCUT2D eigenvalue weighted by atomic mass is 10.1. The Hall–Kier alpha value is -2.29. The van der Waals surface area contributed by atoms with Gasteiger partial charge in [0.15, 0.2) is 0 Å². The number of halogens is 1. The van der Waals surface area contributed by atoms with Crippen LogP contribution in [0.1, 0.15) is 28.7 Å². The number of nitrogens with zero attached hydrogens (tertiary/aromatic N) is 2. The molecule has 0 atom stereocenters. The monoisotopic (exact) mass is 419 g/mol. The van der Waals surface area contributed by atoms with Crippen molar-refractivity contribution in [2.75, 3.05) is 19.6 Å². The molecule has 0 bridgehead atoms. The van der Waals surface area contributed by atoms with Crippen molar-refractivity contribution in [1.82, 2.24) is 13.9 Å². The summed E-state index contributed by atoms with van der Waals surface area (Å²) >= 11 is 0. The summed E-state index contributed by atoms with van der Waals surface area (Å²) in [6.45, 7) is 4.98. The number of aryl methyl sites for hydroxylation is 2. The molecule has 1 aliphatic heterocycles. The maximum atomic E-state index is 13.0. The van der Waals surface area contributed by atoms with E-state index in [9.17, 15) is 17.6 Å². The summed E-state index contributed by atoms with van der Waals surface area (Å²) < 4.78 is 41.6. The van der Waals surface area contributed by atoms with Gasteiger partial charge in [0.1, 0.15) is 5.82 Å². The Morgan fingerprint density at radius 3 is 2.48 bits per heavy atom. The summed E-state index contributed by atoms with van der Waals surface area (Å²) in [5, 5.41) is 2.70. The van der Waals surface area contributed by atoms with E-state index in [0.29, 0.717) is 26.1 Å². The second-order valence-corrected chi connectivity index (χ2v) is 9.29. The highest BCUT2D eigenvalue weighted by atomic mass is 32.2. The second kappa shape index (κ2) is 9.02. The Labute approximate surface area is 171 Å². The average molecular weight is 420 g/mol. The number of hydrogen-bond acceptors (Lipinski definition) is 3. The molecule has 0 saturated carbocycles. The van der Waals surface area contributed by atoms with Crippen LogP contribution in [0.2, 0.25) is 0 Å². The molecule has 29 heavy (non-hydrogen) atoms. The van der Waals surface area contributed by atoms with E-state index in [1.165, 1.54) is 20.7 Å². The first kappa shape index (κ1) is 21.4. The van der Waals surface area contributed by atoms with Crippen LogP contribution in [0.3, 0.4) is 0 Å². The minimum Gasteiger partial charge on any atom is -0.351 e. The van der Waals surface area contributed by atoms with E-state index in [1.807, 2.05) is 32.0 Å². The van der Waals surface area contributed by atoms with Crippen molar-refractivity contribution in [1.29, 1.82) is 0 Å². The molecule has 1 N–H and O–H groups in total. The van der Waals surface area contributed by atoms with Gasteiger partial charge in [-0.2, -0.15) is 17.0 Å². The predicted octanol–water partition coefficient (Wildman–Crippen LogP) is 2.51. The van der Waals surface area contributed by atoms with Crippen molar-refractivity contribution < 1.29 is 17.6 Å². The Morgan fingerprint density at radius 2 is 1.76 bits per heavy atom. The molecule has 0 spiro atoms. The third-order valence-electron chi connectivity index (χ3n) is 5.04. The van der Waals surface area contributed by atoms with Gasteiger partial charge in [-0.25, -0.2) is 4.39 Å². The van der Waals surface area contributed by atoms with Gasteiger partial charge in [-0.05, 0) is 49.1 Å². The summed E-state index contributed by atoms with van der Waals surface area (Å²) in [6.07, 6.45) is 0.662. The van der Waals surface area contributed by atoms with E-state index in [1.54, 1.807) is 12.1 Å². The van der Waals surface area contributed by atoms with Gasteiger partial charge < -0.3 is 5.32 Å². The van der Waals surface area contributed by atoms with E-state index >= 15 is 0 Å². The number of benzene rings is 2. The highest BCUT2D eigenvalue weighted by Gasteiger charge is 2.34. The molecule has 1 aliphatic rings. The quantitative estimate of drug-likeness (QED) is 0.782. The minimum atomic E-state index is -3.72. The molecule has 0 unspecified atom stereocenters. The molecule has 1 amide bonds. The van der Waals surface area contributed by atoms with Crippen molar-refractivity contribution in [2.45, 2.75) is 33.4 Å². The lowest BCUT2D eigenvalue weighted by molar-refractivity contribution is -0.121. The number of rotatable bonds is 6. The summed E-state index contributed by atoms with van der Waals surface area (Å²) in [4.78, 5) is 12.3. The molecule has 156 valence electrons. The highest BCUT2D eigenvalue weighted by molar-refractivity contribution is 7.86. The van der Waals surface area contributed by atoms with Crippen LogP contribution in [-0.2, 0) is 28.1 Å². The SMILES string of the molecule is Cc1ccc(C)c(CN2CCCN(CC(=O)NCc3ccc(F)cc3)S2(=O)=O)c1. The van der Waals surface area contributed by atoms with E-state index in [2.05, 4.69) is 5.32 Å². The lowest BCUT2D eigenvalue weighted by Gasteiger charge is -2.34. The molecule has 6 nitrogen and oxygen atoms in total. The van der Waals surface area contributed by atoms with Crippen molar-refractivity contribution in [3.63, 3.8) is 0 Å². The third kappa shape index (κ3) is 5.41. The highest BCUT2D eigenvalue weighted by Crippen LogP contribution is 2.21. The molecule has 1 fully saturated rings. The van der Waals surface area contributed by atoms with Crippen LogP contribution in [0.15, 0.2) is 42.5 Å². The number of carbonyl (C=O) groups excluding carboxylic acids is 1. The zero-order valence-corrected chi connectivity index (χ0v) is 17.5. The van der Waals surface area contributed by atoms with E-state index in [4.69, 9.17) is 0 Å². The van der Waals surface area contributed by atoms with Gasteiger partial charge in [0, 0.05) is 26.2 Å². The fourth-order valence-electron chi connectivity index (χ4n) is 3.32. The minimum absolute atomic E-state index is 0.221. The van der Waals surface area contributed by atoms with Crippen LogP contribution in [0.25, 0.3) is 0 Å². The van der Waals surface area contributed by atoms with Gasteiger partial charge in [0.25, 0.3) is 10.2 Å². The zero-order chi connectivity index (χ0) is 21.0. The molecule has 8 heteroatoms. The molecule has 0 radical (unpaired) electrons. The third-order valence-corrected chi connectivity index (χ3v) is 6.97. The number of nitrogens with one attached hydrogen (secondary N) is 1. The van der Waals surface area contributed by atoms with Gasteiger partial charge in [-0.3, -0.25) is 4.79 Å². The standard InChI is InChI=1S/C21H26FN3O3S/c1-16-4-5-17(2)19(12-16)14-24-10-3-11-25(29(24,27)28)15-21(26)23-13-18-6-8-20(22)9-7-18/h4-9,12H,3,10-11,13-15H2,1-2H3,(H,23,26). The van der Waals surface area contributed by atoms with Gasteiger partial charge in [0.2, 0.25) is 5.91 Å². The summed E-state index contributed by atoms with van der Waals surface area (Å²) in [6, 6.07) is 11.8. The summed E-state index contributed by atoms with van der Waals surface area (Å²) in [5.41, 5.74) is 3.84. The van der Waals surface area contributed by atoms with Crippen molar-refractivity contribution in [3.8, 4) is 0 Å². The molecule has 0 aliphatic carbocycles. The van der Waals surface area contributed by atoms with Gasteiger partial charge in [0.05, 0.1) is 6.54 Å². The maximum Gasteiger partial charge on any atom is 0.282 e. The number of carbonyl (C=O) groups is 1. The van der Waals surface area contributed by atoms with Crippen molar-refractivity contribution in [2.24, 2.45) is 0 Å². The Morgan fingerprint density at radius 1 is 1.07 bits per heavy atom. The van der Waals surface area contributed by atoms with Crippen LogP contribution < -0.4 is 5.32 Å². The predicted molar refractivity (Wildman–Crippen MR) is 110 cm³/mol. The molecule has 2 aromatic carbocycles. The first-order valence-electron chi connectivity index (χ1n) is 9.58. The van der Waals surface area contributed by atoms with Gasteiger partial charge in [-0.15, -0.1) is 0 Å².